The van der Waals surface area contributed by atoms with Gasteiger partial charge in [0.15, 0.2) is 0 Å². The number of nitrogens with zero attached hydrogens (tertiary/aromatic N) is 1. The molecule has 18 heavy (non-hydrogen) atoms. The van der Waals surface area contributed by atoms with Gasteiger partial charge in [0.05, 0.1) is 5.60 Å². The SMILES string of the molecule is CCN1CCC(O)(c2ccc(Cl)cc2)C(C)(C)C1. The predicted octanol–water partition coefficient (Wildman–Crippen LogP) is 3.28. The van der Waals surface area contributed by atoms with Gasteiger partial charge in [-0.25, -0.2) is 0 Å². The fourth-order valence-corrected chi connectivity index (χ4v) is 3.08. The molecule has 2 nitrogen and oxygen atoms in total. The van der Waals surface area contributed by atoms with E-state index in [4.69, 9.17) is 11.6 Å². The highest BCUT2D eigenvalue weighted by Crippen LogP contribution is 2.45. The molecule has 1 heterocycles. The Kier molecular flexibility index (Phi) is 3.72. The van der Waals surface area contributed by atoms with Crippen molar-refractivity contribution in [3.63, 3.8) is 0 Å². The lowest BCUT2D eigenvalue weighted by Gasteiger charge is -2.50. The van der Waals surface area contributed by atoms with Crippen LogP contribution < -0.4 is 0 Å². The van der Waals surface area contributed by atoms with E-state index in [-0.39, 0.29) is 5.41 Å². The number of likely N-dealkylation sites (tertiary alicyclic amines) is 1. The van der Waals surface area contributed by atoms with Gasteiger partial charge in [0, 0.05) is 23.5 Å². The van der Waals surface area contributed by atoms with Crippen LogP contribution in [0.15, 0.2) is 24.3 Å². The molecule has 1 fully saturated rings. The molecule has 1 N–H and O–H groups in total. The van der Waals surface area contributed by atoms with Crippen molar-refractivity contribution in [3.8, 4) is 0 Å². The van der Waals surface area contributed by atoms with Crippen molar-refractivity contribution in [2.24, 2.45) is 5.41 Å². The van der Waals surface area contributed by atoms with Crippen molar-refractivity contribution in [2.45, 2.75) is 32.8 Å². The summed E-state index contributed by atoms with van der Waals surface area (Å²) >= 11 is 5.92. The Balaban J connectivity index is 2.32. The van der Waals surface area contributed by atoms with Gasteiger partial charge in [-0.2, -0.15) is 0 Å². The van der Waals surface area contributed by atoms with Crippen LogP contribution in [0.3, 0.4) is 0 Å². The molecule has 1 unspecified atom stereocenters. The van der Waals surface area contributed by atoms with E-state index < -0.39 is 5.60 Å². The Morgan fingerprint density at radius 2 is 1.89 bits per heavy atom. The molecule has 1 aliphatic heterocycles. The molecule has 0 bridgehead atoms. The Bertz CT molecular complexity index is 415. The Labute approximate surface area is 115 Å². The molecule has 0 amide bonds. The van der Waals surface area contributed by atoms with Gasteiger partial charge in [-0.3, -0.25) is 0 Å². The van der Waals surface area contributed by atoms with Crippen molar-refractivity contribution in [1.29, 1.82) is 0 Å². The van der Waals surface area contributed by atoms with E-state index in [1.54, 1.807) is 0 Å². The first-order chi connectivity index (χ1) is 8.39. The maximum absolute atomic E-state index is 11.1. The number of halogens is 1. The summed E-state index contributed by atoms with van der Waals surface area (Å²) in [6, 6.07) is 7.62. The molecule has 3 heteroatoms. The molecule has 0 spiro atoms. The molecule has 100 valence electrons. The van der Waals surface area contributed by atoms with Crippen LogP contribution in [0.5, 0.6) is 0 Å². The minimum atomic E-state index is -0.761. The van der Waals surface area contributed by atoms with Crippen LogP contribution in [0.1, 0.15) is 32.8 Å². The lowest BCUT2D eigenvalue weighted by Crippen LogP contribution is -2.55. The highest BCUT2D eigenvalue weighted by Gasteiger charge is 2.48. The van der Waals surface area contributed by atoms with E-state index in [2.05, 4.69) is 25.7 Å². The van der Waals surface area contributed by atoms with Gasteiger partial charge in [-0.05, 0) is 30.7 Å². The summed E-state index contributed by atoms with van der Waals surface area (Å²) in [6.07, 6.45) is 0.773. The quantitative estimate of drug-likeness (QED) is 0.889. The molecule has 1 atom stereocenters. The molecule has 1 aromatic carbocycles. The Morgan fingerprint density at radius 3 is 2.39 bits per heavy atom. The third-order valence-electron chi connectivity index (χ3n) is 4.30. The summed E-state index contributed by atoms with van der Waals surface area (Å²) in [6.45, 7) is 9.36. The van der Waals surface area contributed by atoms with E-state index >= 15 is 0 Å². The molecule has 1 aromatic rings. The van der Waals surface area contributed by atoms with Crippen LogP contribution in [0.4, 0.5) is 0 Å². The Hall–Kier alpha value is -0.570. The second-order valence-electron chi connectivity index (χ2n) is 5.87. The van der Waals surface area contributed by atoms with Crippen LogP contribution >= 0.6 is 11.6 Å². The zero-order valence-electron chi connectivity index (χ0n) is 11.4. The average molecular weight is 268 g/mol. The molecule has 0 radical (unpaired) electrons. The van der Waals surface area contributed by atoms with Crippen molar-refractivity contribution < 1.29 is 5.11 Å². The zero-order chi connectivity index (χ0) is 13.4. The second kappa shape index (κ2) is 4.84. The number of hydrogen-bond donors (Lipinski definition) is 1. The summed E-state index contributed by atoms with van der Waals surface area (Å²) in [5.74, 6) is 0. The van der Waals surface area contributed by atoms with Crippen LogP contribution in [0.25, 0.3) is 0 Å². The average Bonchev–Trinajstić information content (AvgIpc) is 2.33. The van der Waals surface area contributed by atoms with E-state index in [1.165, 1.54) is 0 Å². The fourth-order valence-electron chi connectivity index (χ4n) is 2.96. The number of hydrogen-bond acceptors (Lipinski definition) is 2. The minimum Gasteiger partial charge on any atom is -0.385 e. The molecular weight excluding hydrogens is 246 g/mol. The summed E-state index contributed by atoms with van der Waals surface area (Å²) in [7, 11) is 0. The molecule has 2 rings (SSSR count). The van der Waals surface area contributed by atoms with Crippen molar-refractivity contribution in [3.05, 3.63) is 34.9 Å². The Morgan fingerprint density at radius 1 is 1.28 bits per heavy atom. The van der Waals surface area contributed by atoms with Gasteiger partial charge in [0.2, 0.25) is 0 Å². The smallest absolute Gasteiger partial charge is 0.0971 e. The lowest BCUT2D eigenvalue weighted by molar-refractivity contribution is -0.124. The van der Waals surface area contributed by atoms with Crippen molar-refractivity contribution in [1.82, 2.24) is 4.90 Å². The van der Waals surface area contributed by atoms with Crippen LogP contribution in [0.2, 0.25) is 5.02 Å². The standard InChI is InChI=1S/C15H22ClNO/c1-4-17-10-9-15(18,14(2,3)11-17)12-5-7-13(16)8-6-12/h5-8,18H,4,9-11H2,1-3H3. The van der Waals surface area contributed by atoms with Crippen LogP contribution in [0, 0.1) is 5.41 Å². The van der Waals surface area contributed by atoms with E-state index in [0.29, 0.717) is 5.02 Å². The van der Waals surface area contributed by atoms with E-state index in [0.717, 1.165) is 31.6 Å². The first-order valence-electron chi connectivity index (χ1n) is 6.60. The summed E-state index contributed by atoms with van der Waals surface area (Å²) in [5.41, 5.74) is 0.0610. The molecule has 1 aliphatic rings. The maximum atomic E-state index is 11.1. The number of rotatable bonds is 2. The van der Waals surface area contributed by atoms with Crippen molar-refractivity contribution >= 4 is 11.6 Å². The summed E-state index contributed by atoms with van der Waals surface area (Å²) in [4.78, 5) is 2.39. The third-order valence-corrected chi connectivity index (χ3v) is 4.55. The summed E-state index contributed by atoms with van der Waals surface area (Å²) in [5, 5.41) is 11.8. The van der Waals surface area contributed by atoms with E-state index in [9.17, 15) is 5.11 Å². The zero-order valence-corrected chi connectivity index (χ0v) is 12.2. The van der Waals surface area contributed by atoms with Crippen molar-refractivity contribution in [2.75, 3.05) is 19.6 Å². The lowest BCUT2D eigenvalue weighted by atomic mass is 9.66. The van der Waals surface area contributed by atoms with E-state index in [1.807, 2.05) is 24.3 Å². The fraction of sp³-hybridized carbons (Fsp3) is 0.600. The van der Waals surface area contributed by atoms with Gasteiger partial charge >= 0.3 is 0 Å². The largest absolute Gasteiger partial charge is 0.385 e. The van der Waals surface area contributed by atoms with Crippen LogP contribution in [-0.4, -0.2) is 29.6 Å². The van der Waals surface area contributed by atoms with Gasteiger partial charge in [0.25, 0.3) is 0 Å². The van der Waals surface area contributed by atoms with Gasteiger partial charge in [-0.1, -0.05) is 44.5 Å². The maximum Gasteiger partial charge on any atom is 0.0971 e. The first-order valence-corrected chi connectivity index (χ1v) is 6.97. The monoisotopic (exact) mass is 267 g/mol. The van der Waals surface area contributed by atoms with Gasteiger partial charge in [-0.15, -0.1) is 0 Å². The molecule has 1 saturated heterocycles. The predicted molar refractivity (Wildman–Crippen MR) is 75.9 cm³/mol. The molecule has 0 aliphatic carbocycles. The topological polar surface area (TPSA) is 23.5 Å². The summed E-state index contributed by atoms with van der Waals surface area (Å²) < 4.78 is 0. The highest BCUT2D eigenvalue weighted by molar-refractivity contribution is 6.30. The third kappa shape index (κ3) is 2.29. The highest BCUT2D eigenvalue weighted by atomic mass is 35.5. The second-order valence-corrected chi connectivity index (χ2v) is 6.31. The van der Waals surface area contributed by atoms with Crippen LogP contribution in [-0.2, 0) is 5.60 Å². The molecule has 0 saturated carbocycles. The minimum absolute atomic E-state index is 0.158. The molecule has 0 aromatic heterocycles. The number of benzene rings is 1. The normalized spacial score (nSPS) is 28.3. The van der Waals surface area contributed by atoms with Gasteiger partial charge < -0.3 is 10.0 Å². The molecular formula is C15H22ClNO. The first kappa shape index (κ1) is 13.9. The number of aliphatic hydroxyl groups is 1. The number of piperidine rings is 1. The van der Waals surface area contributed by atoms with Gasteiger partial charge in [0.1, 0.15) is 0 Å².